The first kappa shape index (κ1) is 20.5. The van der Waals surface area contributed by atoms with E-state index in [2.05, 4.69) is 29.6 Å². The maximum absolute atomic E-state index is 12.7. The van der Waals surface area contributed by atoms with Crippen molar-refractivity contribution in [3.63, 3.8) is 0 Å². The van der Waals surface area contributed by atoms with Crippen molar-refractivity contribution >= 4 is 5.91 Å². The van der Waals surface area contributed by atoms with Crippen LogP contribution in [0.3, 0.4) is 0 Å². The van der Waals surface area contributed by atoms with E-state index in [0.717, 1.165) is 62.0 Å². The minimum absolute atomic E-state index is 0.202. The highest BCUT2D eigenvalue weighted by atomic mass is 16.5. The maximum Gasteiger partial charge on any atom is 0.223 e. The van der Waals surface area contributed by atoms with Crippen LogP contribution < -0.4 is 14.8 Å². The molecule has 4 nitrogen and oxygen atoms in total. The zero-order chi connectivity index (χ0) is 19.8. The molecule has 0 spiro atoms. The van der Waals surface area contributed by atoms with E-state index < -0.39 is 0 Å². The molecule has 1 unspecified atom stereocenters. The molecule has 2 aliphatic carbocycles. The number of allylic oxidation sites excluding steroid dienone is 4. The molecule has 1 aromatic rings. The summed E-state index contributed by atoms with van der Waals surface area (Å²) in [6, 6.07) is 5.92. The molecule has 3 rings (SSSR count). The monoisotopic (exact) mass is 383 g/mol. The normalized spacial score (nSPS) is 26.7. The molecule has 1 fully saturated rings. The highest BCUT2D eigenvalue weighted by Crippen LogP contribution is 2.52. The smallest absolute Gasteiger partial charge is 0.223 e. The van der Waals surface area contributed by atoms with Crippen molar-refractivity contribution in [2.45, 2.75) is 44.9 Å². The molecule has 1 amide bonds. The predicted molar refractivity (Wildman–Crippen MR) is 113 cm³/mol. The van der Waals surface area contributed by atoms with E-state index in [0.29, 0.717) is 18.4 Å². The molecule has 0 bridgehead atoms. The number of fused-ring (bicyclic) bond motifs is 1. The number of rotatable bonds is 6. The number of carbonyl (C=O) groups is 1. The number of ether oxygens (including phenoxy) is 2. The Kier molecular flexibility index (Phi) is 7.58. The third-order valence-corrected chi connectivity index (χ3v) is 5.96. The summed E-state index contributed by atoms with van der Waals surface area (Å²) in [5.74, 6) is 3.00. The molecule has 0 aliphatic heterocycles. The lowest BCUT2D eigenvalue weighted by molar-refractivity contribution is -0.122. The molecule has 0 saturated heterocycles. The Balaban J connectivity index is 1.49. The Morgan fingerprint density at radius 1 is 0.929 bits per heavy atom. The lowest BCUT2D eigenvalue weighted by Gasteiger charge is -2.10. The van der Waals surface area contributed by atoms with Crippen LogP contribution in [0.2, 0.25) is 0 Å². The molecule has 1 aromatic carbocycles. The fraction of sp³-hybridized carbons (Fsp3) is 0.542. The fourth-order valence-electron chi connectivity index (χ4n) is 4.35. The van der Waals surface area contributed by atoms with E-state index in [9.17, 15) is 4.79 Å². The second-order valence-electron chi connectivity index (χ2n) is 7.76. The molecule has 1 N–H and O–H groups in total. The van der Waals surface area contributed by atoms with Crippen LogP contribution in [-0.4, -0.2) is 26.7 Å². The van der Waals surface area contributed by atoms with Crippen LogP contribution in [0.15, 0.2) is 42.5 Å². The Morgan fingerprint density at radius 3 is 2.14 bits per heavy atom. The van der Waals surface area contributed by atoms with E-state index in [-0.39, 0.29) is 11.8 Å². The van der Waals surface area contributed by atoms with Crippen LogP contribution in [0.4, 0.5) is 0 Å². The van der Waals surface area contributed by atoms with Gasteiger partial charge in [-0.2, -0.15) is 0 Å². The quantitative estimate of drug-likeness (QED) is 0.725. The van der Waals surface area contributed by atoms with Crippen LogP contribution in [0.1, 0.15) is 44.1 Å². The van der Waals surface area contributed by atoms with Crippen LogP contribution in [-0.2, 0) is 11.2 Å². The predicted octanol–water partition coefficient (Wildman–Crippen LogP) is 4.69. The Morgan fingerprint density at radius 2 is 1.54 bits per heavy atom. The number of hydrogen-bond donors (Lipinski definition) is 1. The van der Waals surface area contributed by atoms with Gasteiger partial charge in [-0.05, 0) is 74.5 Å². The summed E-state index contributed by atoms with van der Waals surface area (Å²) in [5, 5.41) is 3.17. The van der Waals surface area contributed by atoms with Gasteiger partial charge in [-0.3, -0.25) is 4.79 Å². The second-order valence-corrected chi connectivity index (χ2v) is 7.76. The Bertz CT molecular complexity index is 686. The summed E-state index contributed by atoms with van der Waals surface area (Å²) in [6.45, 7) is 0.657. The van der Waals surface area contributed by atoms with E-state index >= 15 is 0 Å². The summed E-state index contributed by atoms with van der Waals surface area (Å²) in [4.78, 5) is 12.7. The van der Waals surface area contributed by atoms with Gasteiger partial charge in [0.25, 0.3) is 0 Å². The number of amides is 1. The zero-order valence-corrected chi connectivity index (χ0v) is 17.2. The molecular formula is C24H33NO3. The minimum Gasteiger partial charge on any atom is -0.493 e. The van der Waals surface area contributed by atoms with Gasteiger partial charge in [-0.15, -0.1) is 0 Å². The molecular weight excluding hydrogens is 350 g/mol. The average molecular weight is 384 g/mol. The van der Waals surface area contributed by atoms with Crippen LogP contribution >= 0.6 is 0 Å². The van der Waals surface area contributed by atoms with E-state index in [1.165, 1.54) is 0 Å². The zero-order valence-electron chi connectivity index (χ0n) is 17.2. The minimum atomic E-state index is 0.202. The van der Waals surface area contributed by atoms with Crippen molar-refractivity contribution in [2.75, 3.05) is 20.8 Å². The highest BCUT2D eigenvalue weighted by molar-refractivity contribution is 5.82. The molecule has 0 heterocycles. The van der Waals surface area contributed by atoms with Gasteiger partial charge >= 0.3 is 0 Å². The number of nitrogens with one attached hydrogen (secondary N) is 1. The molecule has 28 heavy (non-hydrogen) atoms. The molecule has 3 atom stereocenters. The first-order valence-corrected chi connectivity index (χ1v) is 10.5. The summed E-state index contributed by atoms with van der Waals surface area (Å²) < 4.78 is 10.6. The Hall–Kier alpha value is -2.23. The summed E-state index contributed by atoms with van der Waals surface area (Å²) in [6.07, 6.45) is 16.7. The first-order valence-electron chi connectivity index (χ1n) is 10.5. The van der Waals surface area contributed by atoms with Crippen molar-refractivity contribution in [3.8, 4) is 11.5 Å². The van der Waals surface area contributed by atoms with Crippen molar-refractivity contribution in [1.29, 1.82) is 0 Å². The third-order valence-electron chi connectivity index (χ3n) is 5.96. The molecule has 2 aliphatic rings. The van der Waals surface area contributed by atoms with E-state index in [4.69, 9.17) is 9.47 Å². The third kappa shape index (κ3) is 5.40. The van der Waals surface area contributed by atoms with Crippen molar-refractivity contribution in [1.82, 2.24) is 5.32 Å². The van der Waals surface area contributed by atoms with Crippen LogP contribution in [0.5, 0.6) is 11.5 Å². The van der Waals surface area contributed by atoms with Crippen LogP contribution in [0.25, 0.3) is 0 Å². The van der Waals surface area contributed by atoms with Gasteiger partial charge in [-0.1, -0.05) is 30.4 Å². The first-order chi connectivity index (χ1) is 13.7. The number of hydrogen-bond acceptors (Lipinski definition) is 3. The van der Waals surface area contributed by atoms with Gasteiger partial charge in [0.15, 0.2) is 11.5 Å². The van der Waals surface area contributed by atoms with Crippen molar-refractivity contribution in [3.05, 3.63) is 48.1 Å². The summed E-state index contributed by atoms with van der Waals surface area (Å²) in [7, 11) is 3.28. The van der Waals surface area contributed by atoms with Gasteiger partial charge in [0, 0.05) is 12.5 Å². The molecule has 0 radical (unpaired) electrons. The van der Waals surface area contributed by atoms with Gasteiger partial charge in [-0.25, -0.2) is 0 Å². The Labute approximate surface area is 169 Å². The molecule has 1 saturated carbocycles. The topological polar surface area (TPSA) is 47.6 Å². The lowest BCUT2D eigenvalue weighted by atomic mass is 10.1. The SMILES string of the molecule is COc1ccc(CCNC(=O)C2[C@H]3CC/C=C\CC/C=C/CC[C@H]23)cc1OC. The highest BCUT2D eigenvalue weighted by Gasteiger charge is 2.52. The molecule has 0 aromatic heterocycles. The summed E-state index contributed by atoms with van der Waals surface area (Å²) >= 11 is 0. The molecule has 4 heteroatoms. The molecule has 152 valence electrons. The van der Waals surface area contributed by atoms with E-state index in [1.54, 1.807) is 14.2 Å². The van der Waals surface area contributed by atoms with Crippen molar-refractivity contribution < 1.29 is 14.3 Å². The van der Waals surface area contributed by atoms with Gasteiger partial charge < -0.3 is 14.8 Å². The summed E-state index contributed by atoms with van der Waals surface area (Å²) in [5.41, 5.74) is 1.13. The van der Waals surface area contributed by atoms with Crippen LogP contribution in [0, 0.1) is 17.8 Å². The number of carbonyl (C=O) groups excluding carboxylic acids is 1. The van der Waals surface area contributed by atoms with E-state index in [1.807, 2.05) is 18.2 Å². The van der Waals surface area contributed by atoms with Gasteiger partial charge in [0.05, 0.1) is 14.2 Å². The van der Waals surface area contributed by atoms with Gasteiger partial charge in [0.1, 0.15) is 0 Å². The average Bonchev–Trinajstić information content (AvgIpc) is 3.40. The number of methoxy groups -OCH3 is 2. The number of benzene rings is 1. The lowest BCUT2D eigenvalue weighted by Crippen LogP contribution is -2.28. The second kappa shape index (κ2) is 10.4. The largest absolute Gasteiger partial charge is 0.493 e. The fourth-order valence-corrected chi connectivity index (χ4v) is 4.35. The standard InChI is InChI=1S/C24H33NO3/c1-27-21-14-13-18(17-22(21)28-2)15-16-25-24(26)23-19-11-9-7-5-3-4-6-8-10-12-20(19)23/h5-8,13-14,17,19-20,23H,3-4,9-12,15-16H2,1-2H3,(H,25,26)/b7-5-,8-6+/t19-,20-,23?/m0/s1. The maximum atomic E-state index is 12.7. The van der Waals surface area contributed by atoms with Gasteiger partial charge in [0.2, 0.25) is 5.91 Å². The van der Waals surface area contributed by atoms with Crippen molar-refractivity contribution in [2.24, 2.45) is 17.8 Å².